The molecule has 2 aromatic heterocycles. The molecule has 2 rings (SSSR count). The largest absolute Gasteiger partial charge is 0.493 e. The molecule has 0 spiro atoms. The summed E-state index contributed by atoms with van der Waals surface area (Å²) in [7, 11) is 5.54. The van der Waals surface area contributed by atoms with Gasteiger partial charge < -0.3 is 14.5 Å². The summed E-state index contributed by atoms with van der Waals surface area (Å²) < 4.78 is 12.5. The molecule has 0 saturated heterocycles. The highest BCUT2D eigenvalue weighted by Gasteiger charge is 2.19. The number of hydrogen-bond donors (Lipinski definition) is 1. The van der Waals surface area contributed by atoms with E-state index >= 15 is 0 Å². The van der Waals surface area contributed by atoms with Crippen LogP contribution in [0.1, 0.15) is 23.9 Å². The summed E-state index contributed by atoms with van der Waals surface area (Å²) in [6.45, 7) is 0. The summed E-state index contributed by atoms with van der Waals surface area (Å²) in [4.78, 5) is 0. The van der Waals surface area contributed by atoms with Crippen LogP contribution in [-0.4, -0.2) is 23.9 Å². The van der Waals surface area contributed by atoms with E-state index in [1.54, 1.807) is 19.6 Å². The van der Waals surface area contributed by atoms with E-state index in [1.807, 2.05) is 30.9 Å². The van der Waals surface area contributed by atoms with Crippen LogP contribution in [0.25, 0.3) is 0 Å². The highest BCUT2D eigenvalue weighted by molar-refractivity contribution is 5.28. The molecule has 0 fully saturated rings. The maximum atomic E-state index is 5.35. The quantitative estimate of drug-likeness (QED) is 0.849. The monoisotopic (exact) mass is 249 g/mol. The normalized spacial score (nSPS) is 12.6. The smallest absolute Gasteiger partial charge is 0.161 e. The van der Waals surface area contributed by atoms with Gasteiger partial charge in [0.15, 0.2) is 5.75 Å². The van der Waals surface area contributed by atoms with Gasteiger partial charge in [0.05, 0.1) is 31.3 Å². The van der Waals surface area contributed by atoms with Gasteiger partial charge in [-0.25, -0.2) is 0 Å². The Kier molecular flexibility index (Phi) is 4.04. The summed E-state index contributed by atoms with van der Waals surface area (Å²) in [6.07, 6.45) is 5.26. The third kappa shape index (κ3) is 2.56. The molecular formula is C13H19N3O2. The fourth-order valence-corrected chi connectivity index (χ4v) is 2.14. The van der Waals surface area contributed by atoms with Crippen LogP contribution in [0.2, 0.25) is 0 Å². The fraction of sp³-hybridized carbons (Fsp3) is 0.462. The van der Waals surface area contributed by atoms with Crippen molar-refractivity contribution in [2.75, 3.05) is 14.2 Å². The highest BCUT2D eigenvalue weighted by Crippen LogP contribution is 2.27. The molecule has 1 N–H and O–H groups in total. The van der Waals surface area contributed by atoms with E-state index in [0.717, 1.165) is 30.0 Å². The number of methoxy groups -OCH3 is 1. The topological polar surface area (TPSA) is 52.2 Å². The first-order chi connectivity index (χ1) is 8.76. The van der Waals surface area contributed by atoms with Crippen molar-refractivity contribution in [2.45, 2.75) is 18.9 Å². The predicted octanol–water partition coefficient (Wildman–Crippen LogP) is 1.92. The Balaban J connectivity index is 2.10. The first-order valence-electron chi connectivity index (χ1n) is 6.01. The van der Waals surface area contributed by atoms with E-state index in [0.29, 0.717) is 0 Å². The van der Waals surface area contributed by atoms with Crippen LogP contribution >= 0.6 is 0 Å². The average Bonchev–Trinajstić information content (AvgIpc) is 3.01. The van der Waals surface area contributed by atoms with Gasteiger partial charge in [0.2, 0.25) is 0 Å². The van der Waals surface area contributed by atoms with Gasteiger partial charge >= 0.3 is 0 Å². The molecule has 2 heterocycles. The summed E-state index contributed by atoms with van der Waals surface area (Å²) in [5.74, 6) is 1.81. The molecule has 1 unspecified atom stereocenters. The van der Waals surface area contributed by atoms with Gasteiger partial charge in [-0.15, -0.1) is 0 Å². The second kappa shape index (κ2) is 5.73. The van der Waals surface area contributed by atoms with Gasteiger partial charge in [0.1, 0.15) is 5.76 Å². The zero-order valence-corrected chi connectivity index (χ0v) is 11.0. The van der Waals surface area contributed by atoms with Gasteiger partial charge in [-0.05, 0) is 25.6 Å². The van der Waals surface area contributed by atoms with E-state index in [4.69, 9.17) is 9.15 Å². The number of hydrogen-bond acceptors (Lipinski definition) is 4. The van der Waals surface area contributed by atoms with Gasteiger partial charge in [-0.2, -0.15) is 5.10 Å². The molecule has 18 heavy (non-hydrogen) atoms. The van der Waals surface area contributed by atoms with Crippen molar-refractivity contribution in [1.82, 2.24) is 15.1 Å². The lowest BCUT2D eigenvalue weighted by Gasteiger charge is -2.17. The van der Waals surface area contributed by atoms with Gasteiger partial charge in [0, 0.05) is 13.5 Å². The number of furan rings is 1. The molecule has 0 aliphatic heterocycles. The lowest BCUT2D eigenvalue weighted by Crippen LogP contribution is -2.20. The Hall–Kier alpha value is -1.75. The number of ether oxygens (including phenoxy) is 1. The summed E-state index contributed by atoms with van der Waals surface area (Å²) in [6, 6.07) is 4.10. The minimum atomic E-state index is 0.192. The van der Waals surface area contributed by atoms with Crippen molar-refractivity contribution in [3.05, 3.63) is 36.0 Å². The van der Waals surface area contributed by atoms with Crippen molar-refractivity contribution in [1.29, 1.82) is 0 Å². The van der Waals surface area contributed by atoms with E-state index < -0.39 is 0 Å². The predicted molar refractivity (Wildman–Crippen MR) is 68.6 cm³/mol. The first kappa shape index (κ1) is 12.7. The molecule has 5 heteroatoms. The van der Waals surface area contributed by atoms with Crippen LogP contribution in [0.5, 0.6) is 5.75 Å². The Morgan fingerprint density at radius 2 is 2.39 bits per heavy atom. The molecule has 0 amide bonds. The molecule has 1 atom stereocenters. The van der Waals surface area contributed by atoms with Crippen molar-refractivity contribution in [3.8, 4) is 5.75 Å². The zero-order chi connectivity index (χ0) is 13.0. The molecule has 5 nitrogen and oxygen atoms in total. The Bertz CT molecular complexity index is 476. The van der Waals surface area contributed by atoms with E-state index in [2.05, 4.69) is 10.4 Å². The average molecular weight is 249 g/mol. The van der Waals surface area contributed by atoms with Crippen molar-refractivity contribution < 1.29 is 9.15 Å². The summed E-state index contributed by atoms with van der Waals surface area (Å²) in [5, 5.41) is 7.53. The van der Waals surface area contributed by atoms with Crippen LogP contribution in [0.3, 0.4) is 0 Å². The number of rotatable bonds is 6. The van der Waals surface area contributed by atoms with E-state index in [-0.39, 0.29) is 6.04 Å². The minimum absolute atomic E-state index is 0.192. The maximum absolute atomic E-state index is 5.35. The lowest BCUT2D eigenvalue weighted by molar-refractivity contribution is 0.390. The van der Waals surface area contributed by atoms with Crippen molar-refractivity contribution >= 4 is 0 Å². The number of nitrogens with one attached hydrogen (secondary N) is 1. The van der Waals surface area contributed by atoms with Crippen LogP contribution in [0, 0.1) is 0 Å². The fourth-order valence-electron chi connectivity index (χ4n) is 2.14. The molecule has 0 saturated carbocycles. The van der Waals surface area contributed by atoms with Crippen LogP contribution in [0.15, 0.2) is 29.0 Å². The van der Waals surface area contributed by atoms with Crippen LogP contribution in [-0.2, 0) is 13.5 Å². The third-order valence-corrected chi connectivity index (χ3v) is 3.11. The van der Waals surface area contributed by atoms with E-state index in [9.17, 15) is 0 Å². The molecule has 0 aliphatic rings. The standard InChI is InChI=1S/C13H19N3O2/c1-14-11(7-6-10-5-4-8-18-10)13-12(17-3)9-15-16(13)2/h4-5,8-9,11,14H,6-7H2,1-3H3. The summed E-state index contributed by atoms with van der Waals surface area (Å²) >= 11 is 0. The third-order valence-electron chi connectivity index (χ3n) is 3.11. The number of aryl methyl sites for hydroxylation is 2. The van der Waals surface area contributed by atoms with E-state index in [1.165, 1.54) is 0 Å². The molecule has 98 valence electrons. The van der Waals surface area contributed by atoms with Crippen molar-refractivity contribution in [2.24, 2.45) is 7.05 Å². The number of aromatic nitrogens is 2. The minimum Gasteiger partial charge on any atom is -0.493 e. The van der Waals surface area contributed by atoms with Gasteiger partial charge in [-0.1, -0.05) is 0 Å². The Labute approximate surface area is 107 Å². The summed E-state index contributed by atoms with van der Waals surface area (Å²) in [5.41, 5.74) is 1.06. The van der Waals surface area contributed by atoms with Crippen LogP contribution < -0.4 is 10.1 Å². The lowest BCUT2D eigenvalue weighted by atomic mass is 10.1. The molecule has 0 radical (unpaired) electrons. The second-order valence-electron chi connectivity index (χ2n) is 4.18. The highest BCUT2D eigenvalue weighted by atomic mass is 16.5. The Morgan fingerprint density at radius 1 is 1.56 bits per heavy atom. The SMILES string of the molecule is CNC(CCc1ccco1)c1c(OC)cnn1C. The van der Waals surface area contributed by atoms with Gasteiger partial charge in [0.25, 0.3) is 0 Å². The molecule has 0 bridgehead atoms. The molecular weight excluding hydrogens is 230 g/mol. The van der Waals surface area contributed by atoms with Crippen LogP contribution in [0.4, 0.5) is 0 Å². The maximum Gasteiger partial charge on any atom is 0.161 e. The second-order valence-corrected chi connectivity index (χ2v) is 4.18. The first-order valence-corrected chi connectivity index (χ1v) is 6.01. The molecule has 0 aliphatic carbocycles. The van der Waals surface area contributed by atoms with Gasteiger partial charge in [-0.3, -0.25) is 4.68 Å². The van der Waals surface area contributed by atoms with Crippen molar-refractivity contribution in [3.63, 3.8) is 0 Å². The Morgan fingerprint density at radius 3 is 3.00 bits per heavy atom. The number of nitrogens with zero attached hydrogens (tertiary/aromatic N) is 2. The zero-order valence-electron chi connectivity index (χ0n) is 11.0. The molecule has 2 aromatic rings. The molecule has 0 aromatic carbocycles.